The quantitative estimate of drug-likeness (QED) is 0.890. The lowest BCUT2D eigenvalue weighted by atomic mass is 9.91. The summed E-state index contributed by atoms with van der Waals surface area (Å²) in [6.45, 7) is 7.41. The third kappa shape index (κ3) is 5.50. The third-order valence-electron chi connectivity index (χ3n) is 4.93. The molecular formula is C19H31ClN2O. The fourth-order valence-electron chi connectivity index (χ4n) is 3.38. The lowest BCUT2D eigenvalue weighted by molar-refractivity contribution is -0.137. The van der Waals surface area contributed by atoms with Crippen LogP contribution in [-0.2, 0) is 11.2 Å². The first kappa shape index (κ1) is 20.0. The van der Waals surface area contributed by atoms with Crippen LogP contribution in [0.25, 0.3) is 0 Å². The molecule has 1 N–H and O–H groups in total. The van der Waals surface area contributed by atoms with Crippen LogP contribution in [0.4, 0.5) is 0 Å². The van der Waals surface area contributed by atoms with Crippen LogP contribution < -0.4 is 5.32 Å². The van der Waals surface area contributed by atoms with Crippen LogP contribution in [0.3, 0.4) is 0 Å². The molecule has 130 valence electrons. The van der Waals surface area contributed by atoms with Gasteiger partial charge in [-0.1, -0.05) is 36.8 Å². The van der Waals surface area contributed by atoms with Gasteiger partial charge in [-0.25, -0.2) is 0 Å². The van der Waals surface area contributed by atoms with Crippen molar-refractivity contribution in [2.75, 3.05) is 13.6 Å². The monoisotopic (exact) mass is 338 g/mol. The molecule has 0 aliphatic carbocycles. The second kappa shape index (κ2) is 9.29. The van der Waals surface area contributed by atoms with E-state index in [1.54, 1.807) is 0 Å². The maximum Gasteiger partial charge on any atom is 0.225 e. The summed E-state index contributed by atoms with van der Waals surface area (Å²) in [5.74, 6) is 0.514. The molecule has 2 rings (SSSR count). The predicted octanol–water partition coefficient (Wildman–Crippen LogP) is 3.58. The smallest absolute Gasteiger partial charge is 0.225 e. The number of benzene rings is 1. The molecule has 23 heavy (non-hydrogen) atoms. The van der Waals surface area contributed by atoms with E-state index in [1.807, 2.05) is 11.9 Å². The van der Waals surface area contributed by atoms with Crippen LogP contribution in [0.5, 0.6) is 0 Å². The Morgan fingerprint density at radius 3 is 2.57 bits per heavy atom. The molecule has 4 heteroatoms. The summed E-state index contributed by atoms with van der Waals surface area (Å²) < 4.78 is 0. The van der Waals surface area contributed by atoms with Gasteiger partial charge in [-0.3, -0.25) is 4.79 Å². The molecule has 1 fully saturated rings. The molecule has 1 amide bonds. The molecular weight excluding hydrogens is 308 g/mol. The summed E-state index contributed by atoms with van der Waals surface area (Å²) in [5.41, 5.74) is 2.60. The summed E-state index contributed by atoms with van der Waals surface area (Å²) in [5, 5.41) is 3.42. The summed E-state index contributed by atoms with van der Waals surface area (Å²) >= 11 is 0. The normalized spacial score (nSPS) is 22.1. The maximum atomic E-state index is 12.8. The molecule has 0 radical (unpaired) electrons. The highest BCUT2D eigenvalue weighted by Gasteiger charge is 2.29. The Labute approximate surface area is 147 Å². The molecule has 1 aliphatic heterocycles. The molecule has 3 nitrogen and oxygen atoms in total. The van der Waals surface area contributed by atoms with Gasteiger partial charge in [0.2, 0.25) is 5.91 Å². The lowest BCUT2D eigenvalue weighted by Gasteiger charge is -2.34. The summed E-state index contributed by atoms with van der Waals surface area (Å²) in [7, 11) is 1.98. The van der Waals surface area contributed by atoms with E-state index < -0.39 is 0 Å². The second-order valence-corrected chi connectivity index (χ2v) is 6.78. The number of aryl methyl sites for hydroxylation is 1. The number of hydrogen-bond donors (Lipinski definition) is 1. The minimum Gasteiger partial charge on any atom is -0.342 e. The summed E-state index contributed by atoms with van der Waals surface area (Å²) in [4.78, 5) is 14.8. The van der Waals surface area contributed by atoms with Gasteiger partial charge in [0.1, 0.15) is 0 Å². The highest BCUT2D eigenvalue weighted by molar-refractivity contribution is 5.85. The van der Waals surface area contributed by atoms with E-state index in [-0.39, 0.29) is 18.3 Å². The van der Waals surface area contributed by atoms with Crippen molar-refractivity contribution in [1.29, 1.82) is 0 Å². The van der Waals surface area contributed by atoms with Crippen LogP contribution in [0, 0.1) is 12.8 Å². The first-order valence-corrected chi connectivity index (χ1v) is 8.56. The van der Waals surface area contributed by atoms with Crippen LogP contribution in [0.15, 0.2) is 24.3 Å². The van der Waals surface area contributed by atoms with Crippen LogP contribution >= 0.6 is 12.4 Å². The van der Waals surface area contributed by atoms with Crippen LogP contribution in [0.1, 0.15) is 44.2 Å². The van der Waals surface area contributed by atoms with Crippen molar-refractivity contribution in [2.45, 2.75) is 58.5 Å². The predicted molar refractivity (Wildman–Crippen MR) is 99.2 cm³/mol. The van der Waals surface area contributed by atoms with Crippen molar-refractivity contribution >= 4 is 18.3 Å². The largest absolute Gasteiger partial charge is 0.342 e. The molecule has 1 unspecified atom stereocenters. The highest BCUT2D eigenvalue weighted by atomic mass is 35.5. The number of hydrogen-bond acceptors (Lipinski definition) is 2. The number of carbonyl (C=O) groups excluding carboxylic acids is 1. The Kier molecular flexibility index (Phi) is 8.07. The number of rotatable bonds is 5. The average Bonchev–Trinajstić information content (AvgIpc) is 2.53. The Morgan fingerprint density at radius 1 is 1.35 bits per heavy atom. The molecule has 1 saturated heterocycles. The molecule has 1 aromatic carbocycles. The number of halogens is 1. The fourth-order valence-corrected chi connectivity index (χ4v) is 3.38. The minimum absolute atomic E-state index is 0. The SMILES string of the molecule is CCC(Cc1ccc(C)cc1)N(C)C(=O)[C@H]1CCN[C@@H](C)C1.Cl. The zero-order valence-electron chi connectivity index (χ0n) is 14.8. The van der Waals surface area contributed by atoms with Crippen molar-refractivity contribution in [3.05, 3.63) is 35.4 Å². The Bertz CT molecular complexity index is 489. The van der Waals surface area contributed by atoms with E-state index in [0.717, 1.165) is 32.2 Å². The number of carbonyl (C=O) groups is 1. The zero-order valence-corrected chi connectivity index (χ0v) is 15.7. The van der Waals surface area contributed by atoms with Gasteiger partial charge in [-0.15, -0.1) is 12.4 Å². The van der Waals surface area contributed by atoms with E-state index in [0.29, 0.717) is 18.0 Å². The first-order chi connectivity index (χ1) is 10.5. The Balaban J connectivity index is 0.00000264. The van der Waals surface area contributed by atoms with E-state index >= 15 is 0 Å². The van der Waals surface area contributed by atoms with Crippen LogP contribution in [-0.4, -0.2) is 36.5 Å². The topological polar surface area (TPSA) is 32.3 Å². The van der Waals surface area contributed by atoms with Crippen molar-refractivity contribution < 1.29 is 4.79 Å². The molecule has 1 heterocycles. The molecule has 1 aromatic rings. The van der Waals surface area contributed by atoms with Gasteiger partial charge in [0, 0.05) is 25.0 Å². The van der Waals surface area contributed by atoms with Crippen molar-refractivity contribution in [3.63, 3.8) is 0 Å². The number of nitrogens with zero attached hydrogens (tertiary/aromatic N) is 1. The first-order valence-electron chi connectivity index (χ1n) is 8.56. The summed E-state index contributed by atoms with van der Waals surface area (Å²) in [6, 6.07) is 9.41. The van der Waals surface area contributed by atoms with Gasteiger partial charge in [-0.2, -0.15) is 0 Å². The molecule has 0 saturated carbocycles. The number of amides is 1. The number of likely N-dealkylation sites (N-methyl/N-ethyl adjacent to an activating group) is 1. The molecule has 0 aromatic heterocycles. The van der Waals surface area contributed by atoms with E-state index in [1.165, 1.54) is 11.1 Å². The van der Waals surface area contributed by atoms with Crippen molar-refractivity contribution in [1.82, 2.24) is 10.2 Å². The van der Waals surface area contributed by atoms with Crippen LogP contribution in [0.2, 0.25) is 0 Å². The van der Waals surface area contributed by atoms with E-state index in [2.05, 4.69) is 50.4 Å². The summed E-state index contributed by atoms with van der Waals surface area (Å²) in [6.07, 6.45) is 3.87. The van der Waals surface area contributed by atoms with E-state index in [9.17, 15) is 4.79 Å². The van der Waals surface area contributed by atoms with Gasteiger partial charge in [0.15, 0.2) is 0 Å². The maximum absolute atomic E-state index is 12.8. The minimum atomic E-state index is 0. The molecule has 3 atom stereocenters. The number of nitrogens with one attached hydrogen (secondary N) is 1. The second-order valence-electron chi connectivity index (χ2n) is 6.78. The van der Waals surface area contributed by atoms with Gasteiger partial charge < -0.3 is 10.2 Å². The Morgan fingerprint density at radius 2 is 2.00 bits per heavy atom. The average molecular weight is 339 g/mol. The van der Waals surface area contributed by atoms with Gasteiger partial charge >= 0.3 is 0 Å². The standard InChI is InChI=1S/C19H30N2O.ClH/c1-5-18(13-16-8-6-14(2)7-9-16)21(4)19(22)17-10-11-20-15(3)12-17;/h6-9,15,17-18,20H,5,10-13H2,1-4H3;1H/t15-,17-,18?;/m0./s1. The van der Waals surface area contributed by atoms with E-state index in [4.69, 9.17) is 0 Å². The van der Waals surface area contributed by atoms with Crippen molar-refractivity contribution in [2.24, 2.45) is 5.92 Å². The molecule has 0 spiro atoms. The fraction of sp³-hybridized carbons (Fsp3) is 0.632. The van der Waals surface area contributed by atoms with Gasteiger partial charge in [-0.05, 0) is 51.6 Å². The van der Waals surface area contributed by atoms with Gasteiger partial charge in [0.05, 0.1) is 0 Å². The lowest BCUT2D eigenvalue weighted by Crippen LogP contribution is -2.46. The molecule has 0 bridgehead atoms. The van der Waals surface area contributed by atoms with Gasteiger partial charge in [0.25, 0.3) is 0 Å². The molecule has 1 aliphatic rings. The zero-order chi connectivity index (χ0) is 16.1. The highest BCUT2D eigenvalue weighted by Crippen LogP contribution is 2.21. The third-order valence-corrected chi connectivity index (χ3v) is 4.93. The number of piperidine rings is 1. The Hall–Kier alpha value is -1.06. The van der Waals surface area contributed by atoms with Crippen molar-refractivity contribution in [3.8, 4) is 0 Å².